The van der Waals surface area contributed by atoms with Crippen LogP contribution in [0.4, 0.5) is 5.00 Å². The van der Waals surface area contributed by atoms with Crippen LogP contribution in [0.25, 0.3) is 0 Å². The number of Topliss-reactive ketones (excluding diaryl/α,β-unsaturated/α-hetero) is 1. The van der Waals surface area contributed by atoms with E-state index in [2.05, 4.69) is 6.07 Å². The summed E-state index contributed by atoms with van der Waals surface area (Å²) in [6.45, 7) is 3.97. The molecule has 0 saturated heterocycles. The Kier molecular flexibility index (Phi) is 3.57. The van der Waals surface area contributed by atoms with Crippen LogP contribution in [0.5, 0.6) is 0 Å². The molecule has 0 bridgehead atoms. The molecule has 1 atom stereocenters. The largest absolute Gasteiger partial charge is 0.390 e. The minimum Gasteiger partial charge on any atom is -0.390 e. The summed E-state index contributed by atoms with van der Waals surface area (Å²) >= 11 is 1.07. The lowest BCUT2D eigenvalue weighted by Gasteiger charge is -2.30. The fourth-order valence-corrected chi connectivity index (χ4v) is 4.05. The average Bonchev–Trinajstić information content (AvgIpc) is 2.69. The zero-order valence-corrected chi connectivity index (χ0v) is 12.3. The molecule has 1 aromatic heterocycles. The Morgan fingerprint density at radius 3 is 2.70 bits per heavy atom. The average molecular weight is 291 g/mol. The summed E-state index contributed by atoms with van der Waals surface area (Å²) in [5, 5.41) is 9.75. The second-order valence-electron chi connectivity index (χ2n) is 5.63. The van der Waals surface area contributed by atoms with Crippen molar-refractivity contribution in [3.8, 4) is 6.07 Å². The van der Waals surface area contributed by atoms with Gasteiger partial charge in [0.2, 0.25) is 0 Å². The second kappa shape index (κ2) is 4.91. The predicted molar refractivity (Wildman–Crippen MR) is 77.4 cm³/mol. The van der Waals surface area contributed by atoms with E-state index < -0.39 is 11.3 Å². The maximum absolute atomic E-state index is 12.7. The van der Waals surface area contributed by atoms with E-state index in [0.29, 0.717) is 29.7 Å². The molecule has 106 valence electrons. The minimum absolute atomic E-state index is 0.209. The molecule has 0 radical (unpaired) electrons. The van der Waals surface area contributed by atoms with Crippen molar-refractivity contribution in [3.05, 3.63) is 16.0 Å². The number of nitrogens with two attached hydrogens (primary N) is 2. The van der Waals surface area contributed by atoms with Gasteiger partial charge in [-0.1, -0.05) is 13.8 Å². The Bertz CT molecular complexity index is 627. The van der Waals surface area contributed by atoms with Crippen molar-refractivity contribution in [1.82, 2.24) is 0 Å². The number of primary amides is 1. The number of fused-ring (bicyclic) bond motifs is 1. The van der Waals surface area contributed by atoms with Gasteiger partial charge in [-0.05, 0) is 30.7 Å². The van der Waals surface area contributed by atoms with E-state index in [-0.39, 0.29) is 22.3 Å². The van der Waals surface area contributed by atoms with Crippen molar-refractivity contribution in [1.29, 1.82) is 5.26 Å². The number of carbonyl (C=O) groups is 2. The van der Waals surface area contributed by atoms with Crippen molar-refractivity contribution in [2.75, 3.05) is 5.73 Å². The summed E-state index contributed by atoms with van der Waals surface area (Å²) in [5.41, 5.74) is 11.0. The third kappa shape index (κ3) is 2.08. The Morgan fingerprint density at radius 1 is 1.55 bits per heavy atom. The van der Waals surface area contributed by atoms with E-state index in [9.17, 15) is 14.9 Å². The highest BCUT2D eigenvalue weighted by Gasteiger charge is 2.45. The number of thiophene rings is 1. The number of hydrogen-bond donors (Lipinski definition) is 2. The topological polar surface area (TPSA) is 110 Å². The van der Waals surface area contributed by atoms with E-state index in [0.717, 1.165) is 11.3 Å². The van der Waals surface area contributed by atoms with Gasteiger partial charge in [0, 0.05) is 0 Å². The Hall–Kier alpha value is -1.87. The van der Waals surface area contributed by atoms with Gasteiger partial charge < -0.3 is 11.5 Å². The molecule has 0 spiro atoms. The maximum atomic E-state index is 12.7. The molecule has 0 aromatic carbocycles. The van der Waals surface area contributed by atoms with Crippen molar-refractivity contribution in [3.63, 3.8) is 0 Å². The number of nitrogens with zero attached hydrogens (tertiary/aromatic N) is 1. The minimum atomic E-state index is -0.993. The SMILES string of the molecule is CC(C)CC1(C#N)CCc2c(sc(N)c2C(N)=O)C1=O. The lowest BCUT2D eigenvalue weighted by molar-refractivity contribution is 0.0810. The quantitative estimate of drug-likeness (QED) is 0.888. The van der Waals surface area contributed by atoms with Crippen molar-refractivity contribution in [2.45, 2.75) is 33.1 Å². The summed E-state index contributed by atoms with van der Waals surface area (Å²) in [6, 6.07) is 2.20. The fourth-order valence-electron chi connectivity index (χ4n) is 2.89. The first-order valence-electron chi connectivity index (χ1n) is 6.49. The third-order valence-corrected chi connectivity index (χ3v) is 4.75. The van der Waals surface area contributed by atoms with Crippen molar-refractivity contribution >= 4 is 28.0 Å². The number of hydrogen-bond acceptors (Lipinski definition) is 5. The second-order valence-corrected chi connectivity index (χ2v) is 6.69. The molecule has 1 unspecified atom stereocenters. The van der Waals surface area contributed by atoms with Crippen LogP contribution < -0.4 is 11.5 Å². The van der Waals surface area contributed by atoms with Gasteiger partial charge in [0.1, 0.15) is 5.41 Å². The van der Waals surface area contributed by atoms with Crippen LogP contribution in [-0.4, -0.2) is 11.7 Å². The Balaban J connectivity index is 2.53. The zero-order chi connectivity index (χ0) is 15.1. The molecule has 1 heterocycles. The van der Waals surface area contributed by atoms with Crippen LogP contribution in [0.15, 0.2) is 0 Å². The summed E-state index contributed by atoms with van der Waals surface area (Å²) in [5.74, 6) is -0.576. The molecule has 1 aliphatic rings. The number of rotatable bonds is 3. The van der Waals surface area contributed by atoms with Gasteiger partial charge in [-0.3, -0.25) is 9.59 Å². The standard InChI is InChI=1S/C14H17N3O2S/c1-7(2)5-14(6-15)4-3-8-9(12(16)19)13(17)20-10(8)11(14)18/h7H,3-5,17H2,1-2H3,(H2,16,19). The van der Waals surface area contributed by atoms with Crippen LogP contribution in [0.3, 0.4) is 0 Å². The summed E-state index contributed by atoms with van der Waals surface area (Å²) in [4.78, 5) is 24.6. The molecule has 2 rings (SSSR count). The molecule has 0 fully saturated rings. The van der Waals surface area contributed by atoms with Crippen LogP contribution in [0.1, 0.15) is 52.3 Å². The van der Waals surface area contributed by atoms with Crippen LogP contribution in [0, 0.1) is 22.7 Å². The lowest BCUT2D eigenvalue weighted by Crippen LogP contribution is -2.35. The van der Waals surface area contributed by atoms with Gasteiger partial charge in [-0.15, -0.1) is 11.3 Å². The zero-order valence-electron chi connectivity index (χ0n) is 11.5. The smallest absolute Gasteiger partial charge is 0.251 e. The van der Waals surface area contributed by atoms with E-state index in [1.165, 1.54) is 0 Å². The van der Waals surface area contributed by atoms with E-state index in [4.69, 9.17) is 11.5 Å². The maximum Gasteiger partial charge on any atom is 0.251 e. The molecule has 6 heteroatoms. The molecular weight excluding hydrogens is 274 g/mol. The van der Waals surface area contributed by atoms with Gasteiger partial charge in [-0.2, -0.15) is 5.26 Å². The van der Waals surface area contributed by atoms with E-state index in [1.807, 2.05) is 13.8 Å². The van der Waals surface area contributed by atoms with Crippen molar-refractivity contribution in [2.24, 2.45) is 17.1 Å². The lowest BCUT2D eigenvalue weighted by atomic mass is 9.69. The predicted octanol–water partition coefficient (Wildman–Crippen LogP) is 2.11. The highest BCUT2D eigenvalue weighted by atomic mass is 32.1. The molecule has 1 aromatic rings. The number of ketones is 1. The molecule has 0 saturated carbocycles. The Morgan fingerprint density at radius 2 is 2.20 bits per heavy atom. The normalized spacial score (nSPS) is 21.6. The van der Waals surface area contributed by atoms with E-state index in [1.54, 1.807) is 0 Å². The summed E-state index contributed by atoms with van der Waals surface area (Å²) in [7, 11) is 0. The monoisotopic (exact) mass is 291 g/mol. The highest BCUT2D eigenvalue weighted by molar-refractivity contribution is 7.18. The first kappa shape index (κ1) is 14.5. The summed E-state index contributed by atoms with van der Waals surface area (Å²) < 4.78 is 0. The Labute approximate surface area is 121 Å². The van der Waals surface area contributed by atoms with Gasteiger partial charge in [0.15, 0.2) is 5.78 Å². The highest BCUT2D eigenvalue weighted by Crippen LogP contribution is 2.45. The third-order valence-electron chi connectivity index (χ3n) is 3.69. The first-order valence-corrected chi connectivity index (χ1v) is 7.31. The van der Waals surface area contributed by atoms with Crippen LogP contribution in [-0.2, 0) is 6.42 Å². The molecule has 1 amide bonds. The van der Waals surface area contributed by atoms with Gasteiger partial charge >= 0.3 is 0 Å². The number of nitrogen functional groups attached to an aromatic ring is 1. The molecular formula is C14H17N3O2S. The molecule has 20 heavy (non-hydrogen) atoms. The van der Waals surface area contributed by atoms with Gasteiger partial charge in [0.05, 0.1) is 21.5 Å². The molecule has 4 N–H and O–H groups in total. The molecule has 0 aliphatic heterocycles. The van der Waals surface area contributed by atoms with Gasteiger partial charge in [0.25, 0.3) is 5.91 Å². The van der Waals surface area contributed by atoms with E-state index >= 15 is 0 Å². The van der Waals surface area contributed by atoms with Gasteiger partial charge in [-0.25, -0.2) is 0 Å². The number of carbonyl (C=O) groups excluding carboxylic acids is 2. The number of anilines is 1. The van der Waals surface area contributed by atoms with Crippen molar-refractivity contribution < 1.29 is 9.59 Å². The fraction of sp³-hybridized carbons (Fsp3) is 0.500. The number of amides is 1. The van der Waals surface area contributed by atoms with Crippen LogP contribution >= 0.6 is 11.3 Å². The summed E-state index contributed by atoms with van der Waals surface area (Å²) in [6.07, 6.45) is 1.43. The number of nitriles is 1. The first-order chi connectivity index (χ1) is 9.32. The molecule has 5 nitrogen and oxygen atoms in total. The molecule has 1 aliphatic carbocycles. The van der Waals surface area contributed by atoms with Crippen LogP contribution in [0.2, 0.25) is 0 Å².